The van der Waals surface area contributed by atoms with Gasteiger partial charge in [0.05, 0.1) is 0 Å². The summed E-state index contributed by atoms with van der Waals surface area (Å²) in [6, 6.07) is -0.968. The van der Waals surface area contributed by atoms with E-state index in [0.29, 0.717) is 0 Å². The average Bonchev–Trinajstić information content (AvgIpc) is 1.38. The summed E-state index contributed by atoms with van der Waals surface area (Å²) >= 11 is 0. The Hall–Kier alpha value is 1.04. The number of hydrogen-bond donors (Lipinski definition) is 2. The standard InChI is InChI=1S/CH5N3O.Rb/c2-1(5)4-3;/h3H2,(H3,2,4,5);/q;+1/p-1. The summed E-state index contributed by atoms with van der Waals surface area (Å²) in [6.45, 7) is 0. The maximum absolute atomic E-state index is 9.24. The van der Waals surface area contributed by atoms with Crippen molar-refractivity contribution >= 4 is 6.03 Å². The third kappa shape index (κ3) is 8.90. The maximum Gasteiger partial charge on any atom is 1.00 e. The van der Waals surface area contributed by atoms with Gasteiger partial charge in [0.2, 0.25) is 0 Å². The number of carbonyl (C=O) groups excluding carboxylic acids is 1. The van der Waals surface area contributed by atoms with Gasteiger partial charge in [-0.15, -0.1) is 0 Å². The Morgan fingerprint density at radius 3 is 2.00 bits per heavy atom. The zero-order valence-corrected chi connectivity index (χ0v) is 8.40. The van der Waals surface area contributed by atoms with Crippen molar-refractivity contribution in [1.29, 1.82) is 0 Å². The second-order valence-electron chi connectivity index (χ2n) is 0.473. The Morgan fingerprint density at radius 2 is 2.00 bits per heavy atom. The molecule has 0 saturated carbocycles. The van der Waals surface area contributed by atoms with Gasteiger partial charge in [-0.2, -0.15) is 0 Å². The van der Waals surface area contributed by atoms with E-state index in [1.165, 1.54) is 0 Å². The van der Waals surface area contributed by atoms with Crippen LogP contribution in [0.1, 0.15) is 0 Å². The molecular weight excluding hydrogens is 155 g/mol. The van der Waals surface area contributed by atoms with Crippen LogP contribution in [-0.2, 0) is 0 Å². The average molecular weight is 160 g/mol. The van der Waals surface area contributed by atoms with Crippen LogP contribution in [0.15, 0.2) is 0 Å². The fourth-order valence-corrected chi connectivity index (χ4v) is 0. The molecule has 4 nitrogen and oxygen atoms in total. The first kappa shape index (κ1) is 10.1. The predicted molar refractivity (Wildman–Crippen MR) is 17.0 cm³/mol. The zero-order valence-electron chi connectivity index (χ0n) is 3.49. The van der Waals surface area contributed by atoms with Gasteiger partial charge in [-0.1, -0.05) is 0 Å². The summed E-state index contributed by atoms with van der Waals surface area (Å²) in [7, 11) is 0. The van der Waals surface area contributed by atoms with Crippen LogP contribution in [0, 0.1) is 0 Å². The van der Waals surface area contributed by atoms with Crippen molar-refractivity contribution < 1.29 is 63.0 Å². The van der Waals surface area contributed by atoms with Crippen molar-refractivity contribution in [2.45, 2.75) is 0 Å². The van der Waals surface area contributed by atoms with Gasteiger partial charge in [-0.25, -0.2) is 0 Å². The molecule has 0 aromatic carbocycles. The summed E-state index contributed by atoms with van der Waals surface area (Å²) in [5, 5.41) is 0. The molecule has 0 aliphatic carbocycles. The molecule has 0 aliphatic heterocycles. The molecule has 0 saturated heterocycles. The normalized spacial score (nSPS) is 5.50. The van der Waals surface area contributed by atoms with Gasteiger partial charge in [0.15, 0.2) is 6.03 Å². The Labute approximate surface area is 84.4 Å². The first-order valence-electron chi connectivity index (χ1n) is 0.993. The van der Waals surface area contributed by atoms with E-state index in [4.69, 9.17) is 5.73 Å². The van der Waals surface area contributed by atoms with Crippen LogP contribution in [0.25, 0.3) is 5.73 Å². The van der Waals surface area contributed by atoms with Crippen molar-refractivity contribution in [1.82, 2.24) is 5.43 Å². The van der Waals surface area contributed by atoms with Crippen molar-refractivity contribution in [3.8, 4) is 0 Å². The number of carbonyl (C=O) groups is 1. The molecule has 0 rings (SSSR count). The molecule has 0 bridgehead atoms. The van der Waals surface area contributed by atoms with E-state index in [9.17, 15) is 4.79 Å². The topological polar surface area (TPSA) is 78.9 Å². The van der Waals surface area contributed by atoms with E-state index >= 15 is 0 Å². The third-order valence-corrected chi connectivity index (χ3v) is 0.131. The van der Waals surface area contributed by atoms with Crippen LogP contribution < -0.4 is 69.5 Å². The van der Waals surface area contributed by atoms with E-state index in [-0.39, 0.29) is 58.2 Å². The van der Waals surface area contributed by atoms with E-state index in [1.54, 1.807) is 5.43 Å². The molecule has 4 N–H and O–H groups in total. The summed E-state index contributed by atoms with van der Waals surface area (Å²) in [5.74, 6) is 4.38. The number of amides is 2. The largest absolute Gasteiger partial charge is 1.00 e. The minimum Gasteiger partial charge on any atom is -0.446 e. The van der Waals surface area contributed by atoms with Gasteiger partial charge in [0.25, 0.3) is 0 Å². The van der Waals surface area contributed by atoms with Crippen molar-refractivity contribution in [2.75, 3.05) is 0 Å². The molecule has 0 atom stereocenters. The molecule has 0 heterocycles. The summed E-state index contributed by atoms with van der Waals surface area (Å²) in [6.07, 6.45) is 0. The minimum absolute atomic E-state index is 0. The van der Waals surface area contributed by atoms with Gasteiger partial charge in [0.1, 0.15) is 0 Å². The van der Waals surface area contributed by atoms with E-state index < -0.39 is 6.03 Å². The minimum atomic E-state index is -0.968. The second-order valence-corrected chi connectivity index (χ2v) is 0.473. The number of nitrogens with one attached hydrogen (secondary N) is 2. The fourth-order valence-electron chi connectivity index (χ4n) is 0. The van der Waals surface area contributed by atoms with Gasteiger partial charge >= 0.3 is 58.2 Å². The summed E-state index contributed by atoms with van der Waals surface area (Å²) in [5.41, 5.74) is 7.51. The molecule has 5 heteroatoms. The molecule has 0 aromatic heterocycles. The Morgan fingerprint density at radius 1 is 1.83 bits per heavy atom. The molecule has 0 aromatic rings. The Balaban J connectivity index is 0. The number of hydrogen-bond acceptors (Lipinski definition) is 2. The number of nitrogens with two attached hydrogens (primary N) is 1. The van der Waals surface area contributed by atoms with Crippen LogP contribution in [0.3, 0.4) is 0 Å². The fraction of sp³-hybridized carbons (Fsp3) is 0. The summed E-state index contributed by atoms with van der Waals surface area (Å²) in [4.78, 5) is 9.24. The Bertz CT molecular complexity index is 46.1. The SMILES string of the molecule is [NH-]C(=O)NN.[Rb+]. The molecule has 0 fully saturated rings. The van der Waals surface area contributed by atoms with Crippen molar-refractivity contribution in [3.63, 3.8) is 0 Å². The van der Waals surface area contributed by atoms with Crippen molar-refractivity contribution in [3.05, 3.63) is 5.73 Å². The molecule has 0 aliphatic rings. The van der Waals surface area contributed by atoms with Gasteiger partial charge in [-0.05, 0) is 0 Å². The Kier molecular flexibility index (Phi) is 10.2. The monoisotopic (exact) mass is 159 g/mol. The van der Waals surface area contributed by atoms with Crippen LogP contribution in [0.2, 0.25) is 0 Å². The molecular formula is CH4N3ORb. The van der Waals surface area contributed by atoms with Crippen LogP contribution >= 0.6 is 0 Å². The van der Waals surface area contributed by atoms with Crippen molar-refractivity contribution in [2.24, 2.45) is 5.84 Å². The molecule has 2 amide bonds. The van der Waals surface area contributed by atoms with Gasteiger partial charge < -0.3 is 17.0 Å². The van der Waals surface area contributed by atoms with Crippen LogP contribution in [0.4, 0.5) is 4.79 Å². The zero-order chi connectivity index (χ0) is 4.28. The quantitative estimate of drug-likeness (QED) is 0.220. The second kappa shape index (κ2) is 6.04. The number of hydrazine groups is 1. The van der Waals surface area contributed by atoms with E-state index in [1.807, 2.05) is 0 Å². The number of urea groups is 1. The third-order valence-electron chi connectivity index (χ3n) is 0.131. The van der Waals surface area contributed by atoms with Crippen LogP contribution in [-0.4, -0.2) is 6.03 Å². The smallest absolute Gasteiger partial charge is 0.446 e. The maximum atomic E-state index is 9.24. The molecule has 0 unspecified atom stereocenters. The molecule has 30 valence electrons. The van der Waals surface area contributed by atoms with Gasteiger partial charge in [0, 0.05) is 0 Å². The van der Waals surface area contributed by atoms with E-state index in [0.717, 1.165) is 0 Å². The first-order chi connectivity index (χ1) is 2.27. The van der Waals surface area contributed by atoms with Gasteiger partial charge in [-0.3, -0.25) is 4.79 Å². The number of rotatable bonds is 0. The first-order valence-corrected chi connectivity index (χ1v) is 0.993. The van der Waals surface area contributed by atoms with Crippen LogP contribution in [0.5, 0.6) is 0 Å². The predicted octanol–water partition coefficient (Wildman–Crippen LogP) is -3.37. The van der Waals surface area contributed by atoms with E-state index in [2.05, 4.69) is 5.84 Å². The molecule has 0 spiro atoms. The molecule has 6 heavy (non-hydrogen) atoms. The molecule has 0 radical (unpaired) electrons. The summed E-state index contributed by atoms with van der Waals surface area (Å²) < 4.78 is 0.